The van der Waals surface area contributed by atoms with Crippen LogP contribution in [0.1, 0.15) is 47.9 Å². The molecule has 2 atom stereocenters. The molecule has 3 saturated heterocycles. The number of carbonyl (C=O) groups is 1. The molecule has 0 spiro atoms. The first-order valence-corrected chi connectivity index (χ1v) is 27.0. The Kier molecular flexibility index (Phi) is 15.4. The van der Waals surface area contributed by atoms with Gasteiger partial charge in [-0.3, -0.25) is 24.2 Å². The Hall–Kier alpha value is -5.60. The molecule has 70 heavy (non-hydrogen) atoms. The molecule has 3 aliphatic rings. The molecule has 0 bridgehead atoms. The second-order valence-electron chi connectivity index (χ2n) is 18.5. The maximum Gasteiger partial charge on any atom is 0.338 e. The molecule has 3 aliphatic heterocycles. The molecule has 0 unspecified atom stereocenters. The van der Waals surface area contributed by atoms with Gasteiger partial charge in [0.1, 0.15) is 0 Å². The van der Waals surface area contributed by atoms with Crippen LogP contribution in [0.2, 0.25) is 5.02 Å². The third-order valence-corrected chi connectivity index (χ3v) is 17.8. The van der Waals surface area contributed by atoms with E-state index in [9.17, 15) is 24.6 Å². The van der Waals surface area contributed by atoms with Gasteiger partial charge in [-0.15, -0.1) is 11.8 Å². The highest BCUT2D eigenvalue weighted by Crippen LogP contribution is 2.56. The number of aromatic carboxylic acids is 1. The molecule has 0 radical (unpaired) electrons. The molecule has 0 amide bonds. The number of rotatable bonds is 17. The zero-order chi connectivity index (χ0) is 48.9. The van der Waals surface area contributed by atoms with Crippen LogP contribution in [0.25, 0.3) is 22.4 Å². The topological polar surface area (TPSA) is 134 Å². The van der Waals surface area contributed by atoms with Crippen molar-refractivity contribution in [1.82, 2.24) is 9.47 Å². The van der Waals surface area contributed by atoms with Crippen molar-refractivity contribution in [3.63, 3.8) is 0 Å². The summed E-state index contributed by atoms with van der Waals surface area (Å²) in [5, 5.41) is 24.2. The molecular formula is C54H60ClN6O7PS. The molecule has 0 aliphatic carbocycles. The van der Waals surface area contributed by atoms with Gasteiger partial charge in [-0.05, 0) is 124 Å². The molecule has 4 heterocycles. The second-order valence-corrected chi connectivity index (χ2v) is 22.3. The fraction of sp³-hybridized carbons (Fsp3) is 0.352. The number of hydrogen-bond acceptors (Lipinski definition) is 10. The van der Waals surface area contributed by atoms with Gasteiger partial charge in [0, 0.05) is 101 Å². The first-order valence-electron chi connectivity index (χ1n) is 24.1. The van der Waals surface area contributed by atoms with E-state index >= 15 is 0 Å². The number of hydrogen-bond donors (Lipinski definition) is 1. The predicted molar refractivity (Wildman–Crippen MR) is 283 cm³/mol. The predicted octanol–water partition coefficient (Wildman–Crippen LogP) is 11.3. The van der Waals surface area contributed by atoms with Gasteiger partial charge in [0.15, 0.2) is 0 Å². The minimum Gasteiger partial charge on any atom is -0.478 e. The van der Waals surface area contributed by atoms with Crippen LogP contribution in [0.5, 0.6) is 0 Å². The van der Waals surface area contributed by atoms with Crippen molar-refractivity contribution in [1.29, 1.82) is 0 Å². The molecule has 13 nitrogen and oxygen atoms in total. The average molecular weight is 1000 g/mol. The SMILES string of the molecule is Cc1c(C(=O)O)c(-c2cccc(N3CCN(c4ccc(N5CCO[P@@]5(=O)c5ccc(C[C@H](CCN6CCOCC6)CSc6ccccc6)c([N+](=O)[O-])c5)cc4)CC3)c2)c(-c2ccc(Cl)cc2)n1C(C)C. The number of nitro benzene ring substituents is 1. The number of ether oxygens (including phenoxy) is 1. The van der Waals surface area contributed by atoms with Crippen molar-refractivity contribution in [3.05, 3.63) is 153 Å². The Morgan fingerprint density at radius 1 is 0.800 bits per heavy atom. The lowest BCUT2D eigenvalue weighted by molar-refractivity contribution is -0.385. The lowest BCUT2D eigenvalue weighted by Gasteiger charge is -2.37. The average Bonchev–Trinajstić information content (AvgIpc) is 3.93. The summed E-state index contributed by atoms with van der Waals surface area (Å²) < 4.78 is 30.4. The van der Waals surface area contributed by atoms with E-state index in [1.54, 1.807) is 28.6 Å². The minimum atomic E-state index is -3.67. The number of morpholine rings is 1. The van der Waals surface area contributed by atoms with E-state index in [1.807, 2.05) is 85.8 Å². The molecule has 16 heteroatoms. The van der Waals surface area contributed by atoms with E-state index in [4.69, 9.17) is 20.9 Å². The number of aromatic nitrogens is 1. The van der Waals surface area contributed by atoms with E-state index < -0.39 is 13.5 Å². The number of nitrogens with zero attached hydrogens (tertiary/aromatic N) is 6. The lowest BCUT2D eigenvalue weighted by atomic mass is 9.96. The highest BCUT2D eigenvalue weighted by atomic mass is 35.5. The number of thioether (sulfide) groups is 1. The molecule has 6 aromatic rings. The van der Waals surface area contributed by atoms with E-state index in [0.29, 0.717) is 45.7 Å². The number of benzene rings is 5. The van der Waals surface area contributed by atoms with Gasteiger partial charge in [-0.1, -0.05) is 60.1 Å². The fourth-order valence-corrected chi connectivity index (χ4v) is 13.6. The van der Waals surface area contributed by atoms with Crippen LogP contribution >= 0.6 is 30.9 Å². The zero-order valence-corrected chi connectivity index (χ0v) is 42.4. The van der Waals surface area contributed by atoms with Crippen LogP contribution in [0.4, 0.5) is 22.7 Å². The van der Waals surface area contributed by atoms with Gasteiger partial charge in [0.2, 0.25) is 0 Å². The number of anilines is 3. The normalized spacial score (nSPS) is 18.2. The molecular weight excluding hydrogens is 943 g/mol. The van der Waals surface area contributed by atoms with Gasteiger partial charge in [-0.2, -0.15) is 0 Å². The number of nitro groups is 1. The van der Waals surface area contributed by atoms with Crippen molar-refractivity contribution in [2.24, 2.45) is 5.92 Å². The third kappa shape index (κ3) is 10.7. The molecule has 0 saturated carbocycles. The van der Waals surface area contributed by atoms with E-state index in [2.05, 4.69) is 57.4 Å². The largest absolute Gasteiger partial charge is 0.478 e. The number of piperazine rings is 1. The zero-order valence-electron chi connectivity index (χ0n) is 39.9. The summed E-state index contributed by atoms with van der Waals surface area (Å²) in [7, 11) is -3.67. The summed E-state index contributed by atoms with van der Waals surface area (Å²) in [5.41, 5.74) is 7.67. The Bertz CT molecular complexity index is 2850. The van der Waals surface area contributed by atoms with Crippen LogP contribution in [-0.4, -0.2) is 103 Å². The van der Waals surface area contributed by atoms with Gasteiger partial charge in [0.05, 0.1) is 47.9 Å². The summed E-state index contributed by atoms with van der Waals surface area (Å²) in [6, 6.07) is 39.0. The molecule has 5 aromatic carbocycles. The molecule has 1 aromatic heterocycles. The Morgan fingerprint density at radius 2 is 1.49 bits per heavy atom. The Balaban J connectivity index is 0.887. The summed E-state index contributed by atoms with van der Waals surface area (Å²) in [6.45, 7) is 13.8. The van der Waals surface area contributed by atoms with E-state index in [1.165, 1.54) is 11.0 Å². The van der Waals surface area contributed by atoms with Gasteiger partial charge in [-0.25, -0.2) is 4.79 Å². The highest BCUT2D eigenvalue weighted by molar-refractivity contribution is 7.99. The number of carboxylic acid groups (broad SMARTS) is 1. The summed E-state index contributed by atoms with van der Waals surface area (Å²) in [5.74, 6) is 0.0388. The van der Waals surface area contributed by atoms with Crippen LogP contribution in [0.3, 0.4) is 0 Å². The first kappa shape index (κ1) is 49.4. The van der Waals surface area contributed by atoms with Crippen molar-refractivity contribution >= 4 is 64.9 Å². The summed E-state index contributed by atoms with van der Waals surface area (Å²) in [4.78, 5) is 33.5. The van der Waals surface area contributed by atoms with Crippen molar-refractivity contribution in [2.75, 3.05) is 92.4 Å². The van der Waals surface area contributed by atoms with Crippen LogP contribution in [0.15, 0.2) is 126 Å². The molecule has 1 N–H and O–H groups in total. The van der Waals surface area contributed by atoms with Crippen LogP contribution < -0.4 is 19.8 Å². The fourth-order valence-electron chi connectivity index (χ4n) is 10.2. The van der Waals surface area contributed by atoms with E-state index in [0.717, 1.165) is 105 Å². The standard InChI is InChI=1S/C54H60ClN6O7PS/c1-38(2)60-39(3)51(54(62)63)52(53(60)41-12-15-44(55)16-13-41)43-8-7-9-47(35-43)58-26-24-57(25-27-58)45-17-19-46(20-18-45)59-30-33-68-69(59,66)48-21-14-42(50(36-48)61(64)65)34-40(22-23-56-28-31-67-32-29-56)37-70-49-10-5-4-6-11-49/h4-21,35-36,38,40H,22-34,37H2,1-3H3,(H,62,63)/t40-,69-/m0/s1. The second kappa shape index (κ2) is 21.8. The first-order chi connectivity index (χ1) is 33.9. The lowest BCUT2D eigenvalue weighted by Crippen LogP contribution is -2.46. The maximum absolute atomic E-state index is 14.9. The molecule has 366 valence electrons. The van der Waals surface area contributed by atoms with Gasteiger partial charge < -0.3 is 28.7 Å². The van der Waals surface area contributed by atoms with Crippen LogP contribution in [-0.2, 0) is 20.2 Å². The summed E-state index contributed by atoms with van der Waals surface area (Å²) >= 11 is 8.06. The smallest absolute Gasteiger partial charge is 0.338 e. The Labute approximate surface area is 419 Å². The maximum atomic E-state index is 14.9. The van der Waals surface area contributed by atoms with Gasteiger partial charge >= 0.3 is 13.5 Å². The van der Waals surface area contributed by atoms with Gasteiger partial charge in [0.25, 0.3) is 5.69 Å². The van der Waals surface area contributed by atoms with Crippen molar-refractivity contribution in [3.8, 4) is 22.4 Å². The minimum absolute atomic E-state index is 0.0209. The number of carboxylic acids is 1. The van der Waals surface area contributed by atoms with E-state index in [-0.39, 0.29) is 29.2 Å². The molecule has 9 rings (SSSR count). The highest BCUT2D eigenvalue weighted by Gasteiger charge is 2.41. The van der Waals surface area contributed by atoms with Crippen molar-refractivity contribution in [2.45, 2.75) is 44.6 Å². The van der Waals surface area contributed by atoms with Crippen molar-refractivity contribution < 1.29 is 28.7 Å². The summed E-state index contributed by atoms with van der Waals surface area (Å²) in [6.07, 6.45) is 1.43. The third-order valence-electron chi connectivity index (χ3n) is 13.8. The van der Waals surface area contributed by atoms with Crippen LogP contribution in [0, 0.1) is 23.0 Å². The Morgan fingerprint density at radius 3 is 2.16 bits per heavy atom. The number of halogens is 1. The molecule has 3 fully saturated rings. The monoisotopic (exact) mass is 1000 g/mol. The quantitative estimate of drug-likeness (QED) is 0.0403.